The van der Waals surface area contributed by atoms with Crippen molar-refractivity contribution >= 4 is 29.0 Å². The van der Waals surface area contributed by atoms with E-state index in [4.69, 9.17) is 0 Å². The van der Waals surface area contributed by atoms with Crippen molar-refractivity contribution in [2.24, 2.45) is 0 Å². The molecule has 1 heterocycles. The van der Waals surface area contributed by atoms with Crippen LogP contribution in [-0.2, 0) is 16.8 Å². The predicted octanol–water partition coefficient (Wildman–Crippen LogP) is 4.88. The third kappa shape index (κ3) is 7.35. The molecule has 184 valence electrons. The normalized spacial score (nSPS) is 11.3. The molecule has 3 N–H and O–H groups in total. The number of aromatic nitrogens is 1. The summed E-state index contributed by atoms with van der Waals surface area (Å²) >= 11 is 0. The number of hydrogen-bond acceptors (Lipinski definition) is 5. The molecule has 1 aromatic heterocycles. The van der Waals surface area contributed by atoms with E-state index in [0.717, 1.165) is 11.1 Å². The lowest BCUT2D eigenvalue weighted by Crippen LogP contribution is -2.28. The summed E-state index contributed by atoms with van der Waals surface area (Å²) in [7, 11) is 3.66. The van der Waals surface area contributed by atoms with E-state index < -0.39 is 0 Å². The fraction of sp³-hybridized carbons (Fsp3) is 0.296. The Balaban J connectivity index is 1.80. The highest BCUT2D eigenvalue weighted by atomic mass is 19.1. The van der Waals surface area contributed by atoms with Crippen molar-refractivity contribution in [2.75, 3.05) is 36.6 Å². The molecule has 0 unspecified atom stereocenters. The van der Waals surface area contributed by atoms with E-state index in [1.165, 1.54) is 12.1 Å². The van der Waals surface area contributed by atoms with Gasteiger partial charge in [-0.2, -0.15) is 0 Å². The zero-order valence-electron chi connectivity index (χ0n) is 20.8. The molecule has 0 fully saturated rings. The molecule has 8 heteroatoms. The molecular formula is C27H32FN5O2. The van der Waals surface area contributed by atoms with E-state index in [0.29, 0.717) is 29.3 Å². The number of rotatable bonds is 8. The average molecular weight is 478 g/mol. The summed E-state index contributed by atoms with van der Waals surface area (Å²) in [6, 6.07) is 15.0. The molecule has 0 aliphatic heterocycles. The average Bonchev–Trinajstić information content (AvgIpc) is 2.77. The maximum atomic E-state index is 13.2. The van der Waals surface area contributed by atoms with Crippen molar-refractivity contribution < 1.29 is 14.0 Å². The van der Waals surface area contributed by atoms with E-state index in [1.54, 1.807) is 41.4 Å². The van der Waals surface area contributed by atoms with Crippen LogP contribution in [0.4, 0.5) is 21.6 Å². The van der Waals surface area contributed by atoms with Gasteiger partial charge in [-0.25, -0.2) is 9.37 Å². The molecule has 0 aliphatic carbocycles. The van der Waals surface area contributed by atoms with Gasteiger partial charge in [-0.05, 0) is 67.0 Å². The van der Waals surface area contributed by atoms with Crippen LogP contribution in [-0.4, -0.2) is 42.3 Å². The Kier molecular flexibility index (Phi) is 8.19. The maximum absolute atomic E-state index is 13.2. The van der Waals surface area contributed by atoms with Crippen molar-refractivity contribution in [3.8, 4) is 0 Å². The van der Waals surface area contributed by atoms with Crippen molar-refractivity contribution in [3.63, 3.8) is 0 Å². The number of pyridine rings is 1. The lowest BCUT2D eigenvalue weighted by Gasteiger charge is -2.24. The molecule has 35 heavy (non-hydrogen) atoms. The Labute approximate surface area is 205 Å². The van der Waals surface area contributed by atoms with Gasteiger partial charge >= 0.3 is 0 Å². The third-order valence-electron chi connectivity index (χ3n) is 5.24. The third-order valence-corrected chi connectivity index (χ3v) is 5.24. The predicted molar refractivity (Wildman–Crippen MR) is 138 cm³/mol. The number of carbonyl (C=O) groups is 2. The first-order valence-corrected chi connectivity index (χ1v) is 11.4. The highest BCUT2D eigenvalue weighted by molar-refractivity contribution is 6.07. The number of nitrogens with zero attached hydrogens (tertiary/aromatic N) is 2. The zero-order valence-corrected chi connectivity index (χ0v) is 20.8. The Hall–Kier alpha value is -3.78. The van der Waals surface area contributed by atoms with Crippen molar-refractivity contribution in [2.45, 2.75) is 32.7 Å². The van der Waals surface area contributed by atoms with Crippen LogP contribution < -0.4 is 16.0 Å². The van der Waals surface area contributed by atoms with Crippen LogP contribution in [0.1, 0.15) is 42.3 Å². The fourth-order valence-corrected chi connectivity index (χ4v) is 3.57. The van der Waals surface area contributed by atoms with Crippen molar-refractivity contribution in [1.29, 1.82) is 0 Å². The van der Waals surface area contributed by atoms with E-state index in [1.807, 2.05) is 26.2 Å². The van der Waals surface area contributed by atoms with Crippen LogP contribution in [0, 0.1) is 5.82 Å². The molecule has 0 atom stereocenters. The smallest absolute Gasteiger partial charge is 0.259 e. The number of likely N-dealkylation sites (N-methyl/N-ethyl adjacent to an activating group) is 1. The Morgan fingerprint density at radius 3 is 2.37 bits per heavy atom. The van der Waals surface area contributed by atoms with Gasteiger partial charge in [0.1, 0.15) is 11.6 Å². The quantitative estimate of drug-likeness (QED) is 0.430. The Morgan fingerprint density at radius 2 is 1.71 bits per heavy atom. The maximum Gasteiger partial charge on any atom is 0.259 e. The van der Waals surface area contributed by atoms with Gasteiger partial charge in [0, 0.05) is 24.1 Å². The van der Waals surface area contributed by atoms with Gasteiger partial charge in [0.15, 0.2) is 0 Å². The Morgan fingerprint density at radius 1 is 1.00 bits per heavy atom. The molecule has 0 radical (unpaired) electrons. The monoisotopic (exact) mass is 477 g/mol. The second-order valence-corrected chi connectivity index (χ2v) is 9.63. The summed E-state index contributed by atoms with van der Waals surface area (Å²) in [5.74, 6) is -0.362. The summed E-state index contributed by atoms with van der Waals surface area (Å²) in [5, 5.41) is 9.02. The second kappa shape index (κ2) is 11.1. The highest BCUT2D eigenvalue weighted by Gasteiger charge is 2.21. The topological polar surface area (TPSA) is 86.4 Å². The van der Waals surface area contributed by atoms with Gasteiger partial charge in [0.25, 0.3) is 5.91 Å². The van der Waals surface area contributed by atoms with Gasteiger partial charge in [0.2, 0.25) is 5.91 Å². The molecule has 3 aromatic rings. The first-order chi connectivity index (χ1) is 16.5. The van der Waals surface area contributed by atoms with E-state index in [2.05, 4.69) is 41.7 Å². The van der Waals surface area contributed by atoms with Crippen LogP contribution in [0.2, 0.25) is 0 Å². The largest absolute Gasteiger partial charge is 0.365 e. The number of amides is 2. The van der Waals surface area contributed by atoms with E-state index >= 15 is 0 Å². The molecule has 2 aromatic carbocycles. The minimum absolute atomic E-state index is 0.136. The summed E-state index contributed by atoms with van der Waals surface area (Å²) in [4.78, 5) is 31.6. The molecule has 3 rings (SSSR count). The SMILES string of the molecule is CN(C)CC(=O)Nc1cc(NC(=O)c2cccnc2NCc2ccc(F)cc2)ccc1C(C)(C)C. The molecule has 0 saturated heterocycles. The summed E-state index contributed by atoms with van der Waals surface area (Å²) < 4.78 is 13.2. The molecule has 0 spiro atoms. The van der Waals surface area contributed by atoms with Crippen molar-refractivity contribution in [1.82, 2.24) is 9.88 Å². The van der Waals surface area contributed by atoms with Crippen LogP contribution in [0.15, 0.2) is 60.8 Å². The van der Waals surface area contributed by atoms with Crippen LogP contribution in [0.3, 0.4) is 0 Å². The lowest BCUT2D eigenvalue weighted by atomic mass is 9.85. The van der Waals surface area contributed by atoms with Crippen LogP contribution in [0.5, 0.6) is 0 Å². The molecule has 2 amide bonds. The van der Waals surface area contributed by atoms with E-state index in [9.17, 15) is 14.0 Å². The number of nitrogens with one attached hydrogen (secondary N) is 3. The van der Waals surface area contributed by atoms with Gasteiger partial charge in [0.05, 0.1) is 12.1 Å². The molecule has 0 bridgehead atoms. The second-order valence-electron chi connectivity index (χ2n) is 9.63. The van der Waals surface area contributed by atoms with Crippen LogP contribution >= 0.6 is 0 Å². The lowest BCUT2D eigenvalue weighted by molar-refractivity contribution is -0.116. The highest BCUT2D eigenvalue weighted by Crippen LogP contribution is 2.32. The van der Waals surface area contributed by atoms with Gasteiger partial charge in [-0.3, -0.25) is 9.59 Å². The van der Waals surface area contributed by atoms with Gasteiger partial charge in [-0.1, -0.05) is 39.0 Å². The van der Waals surface area contributed by atoms with Gasteiger partial charge < -0.3 is 20.9 Å². The van der Waals surface area contributed by atoms with Gasteiger partial charge in [-0.15, -0.1) is 0 Å². The summed E-state index contributed by atoms with van der Waals surface area (Å²) in [6.45, 7) is 6.84. The Bertz CT molecular complexity index is 1190. The first-order valence-electron chi connectivity index (χ1n) is 11.4. The molecular weight excluding hydrogens is 445 g/mol. The van der Waals surface area contributed by atoms with Crippen LogP contribution in [0.25, 0.3) is 0 Å². The number of hydrogen-bond donors (Lipinski definition) is 3. The van der Waals surface area contributed by atoms with Crippen molar-refractivity contribution in [3.05, 3.63) is 83.3 Å². The fourth-order valence-electron chi connectivity index (χ4n) is 3.57. The number of halogens is 1. The minimum Gasteiger partial charge on any atom is -0.365 e. The zero-order chi connectivity index (χ0) is 25.6. The molecule has 7 nitrogen and oxygen atoms in total. The summed E-state index contributed by atoms with van der Waals surface area (Å²) in [6.07, 6.45) is 1.60. The first kappa shape index (κ1) is 25.8. The minimum atomic E-state index is -0.339. The number of carbonyl (C=O) groups excluding carboxylic acids is 2. The summed E-state index contributed by atoms with van der Waals surface area (Å²) in [5.41, 5.74) is 3.20. The number of benzene rings is 2. The molecule has 0 saturated carbocycles. The number of anilines is 3. The van der Waals surface area contributed by atoms with E-state index in [-0.39, 0.29) is 29.6 Å². The molecule has 0 aliphatic rings. The standard InChI is InChI=1S/C27H32FN5O2/c1-27(2,3)22-13-12-20(15-23(22)32-24(34)17-33(4)5)31-26(35)21-7-6-14-29-25(21)30-16-18-8-10-19(28)11-9-18/h6-15H,16-17H2,1-5H3,(H,29,30)(H,31,35)(H,32,34).